The molecule has 11 heteroatoms. The molecule has 0 unspecified atom stereocenters. The molecule has 6 bridgehead atoms. The zero-order chi connectivity index (χ0) is 37.6. The Labute approximate surface area is 312 Å². The Hall–Kier alpha value is -6.62. The molecule has 0 fully saturated rings. The number of primary amides is 1. The van der Waals surface area contributed by atoms with Crippen molar-refractivity contribution in [3.8, 4) is 5.75 Å². The van der Waals surface area contributed by atoms with Gasteiger partial charge in [-0.1, -0.05) is 84.9 Å². The van der Waals surface area contributed by atoms with Crippen LogP contribution in [0.4, 0.5) is 0 Å². The number of amides is 4. The van der Waals surface area contributed by atoms with Crippen molar-refractivity contribution in [2.75, 3.05) is 0 Å². The highest BCUT2D eigenvalue weighted by Crippen LogP contribution is 2.25. The average molecular weight is 723 g/mol. The molecule has 7 rings (SSSR count). The van der Waals surface area contributed by atoms with Crippen LogP contribution in [0.25, 0.3) is 27.9 Å². The van der Waals surface area contributed by atoms with E-state index >= 15 is 0 Å². The van der Waals surface area contributed by atoms with Crippen LogP contribution in [0.15, 0.2) is 109 Å². The lowest BCUT2D eigenvalue weighted by Crippen LogP contribution is -2.57. The highest BCUT2D eigenvalue weighted by molar-refractivity contribution is 5.96. The van der Waals surface area contributed by atoms with E-state index in [2.05, 4.69) is 50.2 Å². The van der Waals surface area contributed by atoms with E-state index in [1.54, 1.807) is 18.3 Å². The number of carbonyl (C=O) groups excluding carboxylic acids is 4. The van der Waals surface area contributed by atoms with Gasteiger partial charge in [-0.05, 0) is 64.4 Å². The lowest BCUT2D eigenvalue weighted by molar-refractivity contribution is -0.133. The zero-order valence-corrected chi connectivity index (χ0v) is 29.6. The van der Waals surface area contributed by atoms with E-state index in [9.17, 15) is 24.3 Å². The maximum absolute atomic E-state index is 14.4. The van der Waals surface area contributed by atoms with Crippen molar-refractivity contribution in [3.05, 3.63) is 143 Å². The number of aromatic nitrogens is 2. The van der Waals surface area contributed by atoms with Gasteiger partial charge in [0, 0.05) is 59.9 Å². The van der Waals surface area contributed by atoms with Crippen molar-refractivity contribution in [3.63, 3.8) is 0 Å². The number of rotatable bonds is 9. The monoisotopic (exact) mass is 722 g/mol. The first kappa shape index (κ1) is 35.8. The molecular formula is C43H42N6O5. The summed E-state index contributed by atoms with van der Waals surface area (Å²) < 4.78 is 0. The Morgan fingerprint density at radius 2 is 1.61 bits per heavy atom. The van der Waals surface area contributed by atoms with Crippen LogP contribution in [-0.4, -0.2) is 56.8 Å². The minimum atomic E-state index is -1.14. The summed E-state index contributed by atoms with van der Waals surface area (Å²) in [5.41, 5.74) is 13.0. The van der Waals surface area contributed by atoms with Crippen molar-refractivity contribution in [1.82, 2.24) is 25.9 Å². The third-order valence-corrected chi connectivity index (χ3v) is 9.97. The second kappa shape index (κ2) is 16.0. The number of aromatic amines is 2. The summed E-state index contributed by atoms with van der Waals surface area (Å²) in [6.45, 7) is 0. The Bertz CT molecular complexity index is 2360. The molecule has 8 N–H and O–H groups in total. The number of nitrogens with two attached hydrogens (primary N) is 1. The Balaban J connectivity index is 1.19. The molecule has 6 aromatic rings. The Morgan fingerprint density at radius 3 is 2.44 bits per heavy atom. The molecular weight excluding hydrogens is 681 g/mol. The van der Waals surface area contributed by atoms with Gasteiger partial charge in [-0.2, -0.15) is 0 Å². The molecule has 1 aliphatic heterocycles. The average Bonchev–Trinajstić information content (AvgIpc) is 3.78. The van der Waals surface area contributed by atoms with Gasteiger partial charge in [-0.15, -0.1) is 0 Å². The van der Waals surface area contributed by atoms with Crippen LogP contribution in [0.2, 0.25) is 0 Å². The second-order valence-corrected chi connectivity index (χ2v) is 13.8. The first-order valence-corrected chi connectivity index (χ1v) is 18.1. The minimum absolute atomic E-state index is 0.0650. The third kappa shape index (κ3) is 8.36. The number of H-pyrrole nitrogens is 2. The summed E-state index contributed by atoms with van der Waals surface area (Å²) >= 11 is 0. The van der Waals surface area contributed by atoms with Crippen molar-refractivity contribution in [2.45, 2.75) is 56.7 Å². The summed E-state index contributed by atoms with van der Waals surface area (Å²) in [6, 6.07) is 24.7. The third-order valence-electron chi connectivity index (χ3n) is 9.97. The summed E-state index contributed by atoms with van der Waals surface area (Å²) in [6.07, 6.45) is 9.54. The first-order chi connectivity index (χ1) is 26.2. The van der Waals surface area contributed by atoms with Gasteiger partial charge in [0.15, 0.2) is 0 Å². The fourth-order valence-electron chi connectivity index (χ4n) is 7.11. The number of nitrogens with one attached hydrogen (secondary N) is 5. The van der Waals surface area contributed by atoms with Gasteiger partial charge < -0.3 is 36.8 Å². The number of para-hydroxylation sites is 2. The molecule has 2 aromatic heterocycles. The number of allylic oxidation sites excluding steroid dienone is 1. The Kier molecular flexibility index (Phi) is 10.6. The van der Waals surface area contributed by atoms with Crippen molar-refractivity contribution in [2.24, 2.45) is 5.73 Å². The van der Waals surface area contributed by atoms with E-state index in [0.717, 1.165) is 49.6 Å². The number of carbonyl (C=O) groups is 4. The Morgan fingerprint density at radius 1 is 0.815 bits per heavy atom. The fraction of sp³-hybridized carbons (Fsp3) is 0.209. The molecule has 274 valence electrons. The molecule has 54 heavy (non-hydrogen) atoms. The van der Waals surface area contributed by atoms with Gasteiger partial charge >= 0.3 is 0 Å². The molecule has 3 atom stereocenters. The summed E-state index contributed by atoms with van der Waals surface area (Å²) in [5, 5.41) is 20.2. The van der Waals surface area contributed by atoms with E-state index in [-0.39, 0.29) is 37.3 Å². The van der Waals surface area contributed by atoms with Crippen LogP contribution in [0.3, 0.4) is 0 Å². The second-order valence-electron chi connectivity index (χ2n) is 13.8. The number of fused-ring (bicyclic) bond motifs is 3. The van der Waals surface area contributed by atoms with Crippen molar-refractivity contribution >= 4 is 51.5 Å². The molecule has 0 spiro atoms. The van der Waals surface area contributed by atoms with E-state index in [4.69, 9.17) is 5.73 Å². The maximum atomic E-state index is 14.4. The van der Waals surface area contributed by atoms with Crippen LogP contribution in [0, 0.1) is 0 Å². The number of benzene rings is 4. The lowest BCUT2D eigenvalue weighted by Gasteiger charge is -2.25. The van der Waals surface area contributed by atoms with Gasteiger partial charge in [0.2, 0.25) is 23.6 Å². The zero-order valence-electron chi connectivity index (χ0n) is 29.6. The fourth-order valence-corrected chi connectivity index (χ4v) is 7.11. The molecule has 11 nitrogen and oxygen atoms in total. The molecule has 0 aliphatic carbocycles. The van der Waals surface area contributed by atoms with Crippen molar-refractivity contribution in [1.29, 1.82) is 0 Å². The van der Waals surface area contributed by atoms with Crippen molar-refractivity contribution < 1.29 is 24.3 Å². The summed E-state index contributed by atoms with van der Waals surface area (Å²) in [4.78, 5) is 61.2. The number of hydrogen-bond donors (Lipinski definition) is 7. The SMILES string of the molecule is NC(=O)[C@H](Cc1ccc(O)cc1)NC(=O)[C@H](Cc1c[nH]c2ccccc12)NC(=O)[C@@H]1Cc2c[nH]c3c(cccc23)C/C=C\c2cccc(c2)CCC(=O)N1. The number of phenolic OH excluding ortho intramolecular Hbond substituents is 1. The van der Waals surface area contributed by atoms with Gasteiger partial charge in [0.1, 0.15) is 23.9 Å². The van der Waals surface area contributed by atoms with E-state index in [1.807, 2.05) is 60.8 Å². The molecule has 4 amide bonds. The van der Waals surface area contributed by atoms with Gasteiger partial charge in [0.05, 0.1) is 0 Å². The number of phenols is 1. The van der Waals surface area contributed by atoms with Crippen LogP contribution < -0.4 is 21.7 Å². The van der Waals surface area contributed by atoms with Gasteiger partial charge in [0.25, 0.3) is 0 Å². The van der Waals surface area contributed by atoms with Gasteiger partial charge in [-0.25, -0.2) is 0 Å². The number of hydrogen-bond acceptors (Lipinski definition) is 5. The summed E-state index contributed by atoms with van der Waals surface area (Å²) in [5.74, 6) is -2.15. The molecule has 0 radical (unpaired) electrons. The molecule has 0 saturated heterocycles. The smallest absolute Gasteiger partial charge is 0.243 e. The lowest BCUT2D eigenvalue weighted by atomic mass is 9.99. The number of aryl methyl sites for hydroxylation is 1. The predicted octanol–water partition coefficient (Wildman–Crippen LogP) is 4.52. The topological polar surface area (TPSA) is 182 Å². The largest absolute Gasteiger partial charge is 0.508 e. The van der Waals surface area contributed by atoms with Crippen LogP contribution in [-0.2, 0) is 51.3 Å². The highest BCUT2D eigenvalue weighted by Gasteiger charge is 2.31. The number of aromatic hydroxyl groups is 1. The van der Waals surface area contributed by atoms with Crippen LogP contribution in [0.5, 0.6) is 5.75 Å². The van der Waals surface area contributed by atoms with Crippen LogP contribution in [0.1, 0.15) is 39.8 Å². The maximum Gasteiger partial charge on any atom is 0.243 e. The molecule has 3 heterocycles. The van der Waals surface area contributed by atoms with E-state index < -0.39 is 35.8 Å². The van der Waals surface area contributed by atoms with Gasteiger partial charge in [-0.3, -0.25) is 19.2 Å². The quantitative estimate of drug-likeness (QED) is 0.116. The highest BCUT2D eigenvalue weighted by atomic mass is 16.3. The van der Waals surface area contributed by atoms with Crippen LogP contribution >= 0.6 is 0 Å². The normalized spacial score (nSPS) is 16.4. The minimum Gasteiger partial charge on any atom is -0.508 e. The molecule has 4 aromatic carbocycles. The van der Waals surface area contributed by atoms with E-state index in [1.165, 1.54) is 12.1 Å². The first-order valence-electron chi connectivity index (χ1n) is 18.1. The summed E-state index contributed by atoms with van der Waals surface area (Å²) in [7, 11) is 0. The molecule has 0 saturated carbocycles. The standard InChI is InChI=1S/C43H42N6O5/c44-41(52)36(21-28-14-17-32(50)18-15-28)48-43(54)38(22-30-24-45-35-13-2-1-11-33(30)35)49-42(53)37-23-31-25-46-40-29(10-5-12-34(31)40)9-4-8-26-6-3-7-27(20-26)16-19-39(51)47-37/h1-8,10-15,17-18,20,24-25,36-38,45-46,50H,9,16,19,21-23H2,(H2,44,52)(H,47,51)(H,48,54)(H,49,53)/b8-4-/t36-,37-,38-/m0/s1. The predicted molar refractivity (Wildman–Crippen MR) is 208 cm³/mol. The van der Waals surface area contributed by atoms with E-state index in [0.29, 0.717) is 18.4 Å². The molecule has 1 aliphatic rings.